The highest BCUT2D eigenvalue weighted by Gasteiger charge is 2.46. The van der Waals surface area contributed by atoms with Crippen molar-refractivity contribution < 1.29 is 0 Å². The van der Waals surface area contributed by atoms with Crippen molar-refractivity contribution in [3.63, 3.8) is 0 Å². The molecule has 4 nitrogen and oxygen atoms in total. The van der Waals surface area contributed by atoms with E-state index in [0.29, 0.717) is 0 Å². The third-order valence-corrected chi connectivity index (χ3v) is 10.4. The molecule has 2 aliphatic heterocycles. The zero-order valence-corrected chi connectivity index (χ0v) is 17.2. The van der Waals surface area contributed by atoms with Crippen LogP contribution < -0.4 is 4.90 Å². The first kappa shape index (κ1) is 17.7. The van der Waals surface area contributed by atoms with Crippen LogP contribution in [0.1, 0.15) is 33.3 Å². The third-order valence-electron chi connectivity index (χ3n) is 5.28. The maximum atomic E-state index is 6.29. The number of allylic oxidation sites excluding steroid dienone is 2. The second-order valence-corrected chi connectivity index (χ2v) is 11.1. The Kier molecular flexibility index (Phi) is 4.40. The molecule has 24 heavy (non-hydrogen) atoms. The third kappa shape index (κ3) is 2.22. The highest BCUT2D eigenvalue weighted by molar-refractivity contribution is 8.14. The predicted octanol–water partition coefficient (Wildman–Crippen LogP) is 4.21. The highest BCUT2D eigenvalue weighted by atomic mass is 32.4. The van der Waals surface area contributed by atoms with Crippen molar-refractivity contribution >= 4 is 30.0 Å². The van der Waals surface area contributed by atoms with Crippen molar-refractivity contribution in [2.24, 2.45) is 5.10 Å². The Balaban J connectivity index is 2.26. The number of rotatable bonds is 3. The topological polar surface area (TPSA) is 22.1 Å². The summed E-state index contributed by atoms with van der Waals surface area (Å²) in [4.78, 5) is 2.32. The first-order chi connectivity index (χ1) is 11.3. The lowest BCUT2D eigenvalue weighted by molar-refractivity contribution is 0.459. The number of para-hydroxylation sites is 1. The van der Waals surface area contributed by atoms with Crippen molar-refractivity contribution in [2.45, 2.75) is 33.1 Å². The molecule has 0 amide bonds. The first-order valence-electron chi connectivity index (χ1n) is 8.52. The molecule has 1 aromatic rings. The fourth-order valence-electron chi connectivity index (χ4n) is 4.03. The maximum Gasteiger partial charge on any atom is 0.148 e. The molecule has 0 spiro atoms. The van der Waals surface area contributed by atoms with Crippen LogP contribution in [0.4, 0.5) is 5.69 Å². The van der Waals surface area contributed by atoms with Gasteiger partial charge in [0.25, 0.3) is 0 Å². The number of benzene rings is 1. The summed E-state index contributed by atoms with van der Waals surface area (Å²) in [5.41, 5.74) is 3.86. The van der Waals surface area contributed by atoms with Gasteiger partial charge in [-0.1, -0.05) is 57.7 Å². The van der Waals surface area contributed by atoms with E-state index in [1.807, 2.05) is 18.0 Å². The van der Waals surface area contributed by atoms with E-state index in [0.717, 1.165) is 13.1 Å². The molecule has 0 aromatic heterocycles. The van der Waals surface area contributed by atoms with Crippen LogP contribution in [0.2, 0.25) is 0 Å². The second-order valence-electron chi connectivity index (χ2n) is 6.85. The van der Waals surface area contributed by atoms with Crippen LogP contribution in [-0.4, -0.2) is 42.8 Å². The number of nitrogens with zero attached hydrogens (tertiary/aromatic N) is 4. The summed E-state index contributed by atoms with van der Waals surface area (Å²) in [6.07, 6.45) is -0.0481. The lowest BCUT2D eigenvalue weighted by Gasteiger charge is -2.38. The molecule has 2 aliphatic rings. The zero-order chi connectivity index (χ0) is 17.7. The van der Waals surface area contributed by atoms with Crippen LogP contribution in [0.25, 0.3) is 0 Å². The molecule has 3 rings (SSSR count). The molecule has 2 heterocycles. The van der Waals surface area contributed by atoms with Gasteiger partial charge in [-0.2, -0.15) is 5.10 Å². The molecular formula is C18H27N4PS. The van der Waals surface area contributed by atoms with Gasteiger partial charge in [0, 0.05) is 44.0 Å². The van der Waals surface area contributed by atoms with E-state index in [-0.39, 0.29) is 5.41 Å². The standard InChI is InChI=1S/C18H27N4PS/c1-7-22(8-2)23(24)16(13-19-21(23)6)17-18(3,4)14-11-9-10-12-15(14)20(17)5/h9-13H,7-8H2,1-6H3/b17-16+. The summed E-state index contributed by atoms with van der Waals surface area (Å²) < 4.78 is 4.44. The Hall–Kier alpha value is -1.16. The molecule has 0 radical (unpaired) electrons. The lowest BCUT2D eigenvalue weighted by atomic mass is 9.84. The number of likely N-dealkylation sites (N-methyl/N-ethyl adjacent to an activating group) is 1. The van der Waals surface area contributed by atoms with Crippen LogP contribution in [0, 0.1) is 0 Å². The van der Waals surface area contributed by atoms with E-state index in [4.69, 9.17) is 11.8 Å². The van der Waals surface area contributed by atoms with Crippen molar-refractivity contribution in [1.29, 1.82) is 0 Å². The summed E-state index contributed by atoms with van der Waals surface area (Å²) in [6.45, 7) is 10.8. The van der Waals surface area contributed by atoms with Crippen LogP contribution in [-0.2, 0) is 17.2 Å². The van der Waals surface area contributed by atoms with Gasteiger partial charge >= 0.3 is 0 Å². The van der Waals surface area contributed by atoms with Crippen LogP contribution in [0.15, 0.2) is 40.4 Å². The van der Waals surface area contributed by atoms with E-state index < -0.39 is 6.34 Å². The average molecular weight is 362 g/mol. The number of hydrazone groups is 1. The molecule has 0 aliphatic carbocycles. The largest absolute Gasteiger partial charge is 0.346 e. The Morgan fingerprint density at radius 1 is 1.17 bits per heavy atom. The van der Waals surface area contributed by atoms with Gasteiger partial charge in [-0.25, -0.2) is 0 Å². The maximum absolute atomic E-state index is 6.29. The van der Waals surface area contributed by atoms with Gasteiger partial charge in [0.1, 0.15) is 6.34 Å². The fourth-order valence-corrected chi connectivity index (χ4v) is 8.10. The number of hydrogen-bond donors (Lipinski definition) is 0. The molecule has 6 heteroatoms. The molecule has 1 aromatic carbocycles. The van der Waals surface area contributed by atoms with Crippen LogP contribution >= 0.6 is 6.34 Å². The minimum Gasteiger partial charge on any atom is -0.346 e. The fraction of sp³-hybridized carbons (Fsp3) is 0.500. The summed E-state index contributed by atoms with van der Waals surface area (Å²) in [5, 5.41) is 5.85. The smallest absolute Gasteiger partial charge is 0.148 e. The van der Waals surface area contributed by atoms with Gasteiger partial charge in [0.2, 0.25) is 0 Å². The number of fused-ring (bicyclic) bond motifs is 1. The molecule has 0 bridgehead atoms. The molecule has 0 N–H and O–H groups in total. The predicted molar refractivity (Wildman–Crippen MR) is 108 cm³/mol. The summed E-state index contributed by atoms with van der Waals surface area (Å²) in [6, 6.07) is 8.66. The average Bonchev–Trinajstić information content (AvgIpc) is 2.95. The summed E-state index contributed by atoms with van der Waals surface area (Å²) >= 11 is 6.29. The van der Waals surface area contributed by atoms with Gasteiger partial charge in [0.05, 0.1) is 11.5 Å². The summed E-state index contributed by atoms with van der Waals surface area (Å²) in [5.74, 6) is 0. The zero-order valence-electron chi connectivity index (χ0n) is 15.4. The van der Waals surface area contributed by atoms with E-state index in [1.165, 1.54) is 22.3 Å². The number of anilines is 1. The van der Waals surface area contributed by atoms with Crippen LogP contribution in [0.5, 0.6) is 0 Å². The Labute approximate surface area is 150 Å². The van der Waals surface area contributed by atoms with Crippen molar-refractivity contribution in [3.05, 3.63) is 40.8 Å². The Bertz CT molecular complexity index is 764. The first-order valence-corrected chi connectivity index (χ1v) is 11.2. The SMILES string of the molecule is CCN(CC)P1(=S)/C(=C2/N(C)c3ccccc3C2(C)C)C=NN1C. The van der Waals surface area contributed by atoms with E-state index in [1.54, 1.807) is 0 Å². The van der Waals surface area contributed by atoms with E-state index >= 15 is 0 Å². The molecule has 1 atom stereocenters. The van der Waals surface area contributed by atoms with E-state index in [2.05, 4.69) is 73.7 Å². The number of hydrogen-bond acceptors (Lipinski definition) is 3. The second kappa shape index (κ2) is 5.98. The van der Waals surface area contributed by atoms with Crippen molar-refractivity contribution in [3.8, 4) is 0 Å². The monoisotopic (exact) mass is 362 g/mol. The minimum atomic E-state index is -2.06. The van der Waals surface area contributed by atoms with Crippen LogP contribution in [0.3, 0.4) is 0 Å². The molecule has 0 saturated carbocycles. The van der Waals surface area contributed by atoms with Gasteiger partial charge in [-0.05, 0) is 11.6 Å². The van der Waals surface area contributed by atoms with Gasteiger partial charge < -0.3 is 4.90 Å². The molecule has 0 saturated heterocycles. The van der Waals surface area contributed by atoms with Crippen molar-refractivity contribution in [2.75, 3.05) is 32.1 Å². The molecule has 1 unspecified atom stereocenters. The Morgan fingerprint density at radius 2 is 1.79 bits per heavy atom. The van der Waals surface area contributed by atoms with Crippen molar-refractivity contribution in [1.82, 2.24) is 9.45 Å². The lowest BCUT2D eigenvalue weighted by Crippen LogP contribution is -2.30. The highest BCUT2D eigenvalue weighted by Crippen LogP contribution is 2.65. The molecular weight excluding hydrogens is 335 g/mol. The molecule has 130 valence electrons. The van der Waals surface area contributed by atoms with Gasteiger partial charge in [-0.3, -0.25) is 9.45 Å². The minimum absolute atomic E-state index is 0.0743. The summed E-state index contributed by atoms with van der Waals surface area (Å²) in [7, 11) is 4.18. The van der Waals surface area contributed by atoms with Gasteiger partial charge in [0.15, 0.2) is 0 Å². The Morgan fingerprint density at radius 3 is 2.38 bits per heavy atom. The molecule has 0 fully saturated rings. The quantitative estimate of drug-likeness (QED) is 0.751. The van der Waals surface area contributed by atoms with Gasteiger partial charge in [-0.15, -0.1) is 0 Å². The normalized spacial score (nSPS) is 28.1. The van der Waals surface area contributed by atoms with E-state index in [9.17, 15) is 0 Å².